The lowest BCUT2D eigenvalue weighted by Crippen LogP contribution is -2.02. The first-order valence-electron chi connectivity index (χ1n) is 6.33. The van der Waals surface area contributed by atoms with E-state index in [0.717, 1.165) is 21.4 Å². The molecule has 4 heteroatoms. The Morgan fingerprint density at radius 1 is 1.05 bits per heavy atom. The summed E-state index contributed by atoms with van der Waals surface area (Å²) in [5.74, 6) is 0.621. The standard InChI is InChI=1S/C16H14BrN3/c1-11-6-2-3-7-12(11)14-10-16(18)20(19-14)15-9-5-4-8-13(15)17/h2-10H,18H2,1H3. The molecule has 0 fully saturated rings. The molecule has 20 heavy (non-hydrogen) atoms. The molecule has 0 unspecified atom stereocenters. The van der Waals surface area contributed by atoms with E-state index in [9.17, 15) is 0 Å². The van der Waals surface area contributed by atoms with Crippen LogP contribution in [0.25, 0.3) is 16.9 Å². The van der Waals surface area contributed by atoms with E-state index in [0.29, 0.717) is 5.82 Å². The Balaban J connectivity index is 2.13. The molecule has 3 aromatic rings. The highest BCUT2D eigenvalue weighted by molar-refractivity contribution is 9.10. The normalized spacial score (nSPS) is 10.7. The number of rotatable bonds is 2. The molecule has 2 aromatic carbocycles. The summed E-state index contributed by atoms with van der Waals surface area (Å²) in [5, 5.41) is 4.63. The lowest BCUT2D eigenvalue weighted by atomic mass is 10.1. The van der Waals surface area contributed by atoms with Gasteiger partial charge in [0.25, 0.3) is 0 Å². The zero-order valence-corrected chi connectivity index (χ0v) is 12.6. The summed E-state index contributed by atoms with van der Waals surface area (Å²) in [6.07, 6.45) is 0. The minimum Gasteiger partial charge on any atom is -0.384 e. The highest BCUT2D eigenvalue weighted by atomic mass is 79.9. The van der Waals surface area contributed by atoms with Gasteiger partial charge in [-0.3, -0.25) is 0 Å². The zero-order chi connectivity index (χ0) is 14.1. The third kappa shape index (κ3) is 2.23. The molecule has 3 rings (SSSR count). The number of aryl methyl sites for hydroxylation is 1. The fraction of sp³-hybridized carbons (Fsp3) is 0.0625. The maximum Gasteiger partial charge on any atom is 0.127 e. The van der Waals surface area contributed by atoms with Gasteiger partial charge in [0.15, 0.2) is 0 Å². The van der Waals surface area contributed by atoms with Crippen molar-refractivity contribution in [2.24, 2.45) is 0 Å². The Bertz CT molecular complexity index is 762. The fourth-order valence-electron chi connectivity index (χ4n) is 2.20. The third-order valence-corrected chi connectivity index (χ3v) is 3.91. The molecule has 100 valence electrons. The van der Waals surface area contributed by atoms with Gasteiger partial charge in [-0.15, -0.1) is 0 Å². The lowest BCUT2D eigenvalue weighted by Gasteiger charge is -2.06. The highest BCUT2D eigenvalue weighted by Gasteiger charge is 2.11. The smallest absolute Gasteiger partial charge is 0.127 e. The van der Waals surface area contributed by atoms with Crippen molar-refractivity contribution in [3.05, 3.63) is 64.6 Å². The first kappa shape index (κ1) is 12.9. The first-order valence-corrected chi connectivity index (χ1v) is 7.12. The molecule has 3 nitrogen and oxygen atoms in total. The molecule has 1 heterocycles. The van der Waals surface area contributed by atoms with Gasteiger partial charge in [0.05, 0.1) is 11.4 Å². The van der Waals surface area contributed by atoms with Gasteiger partial charge in [0.2, 0.25) is 0 Å². The summed E-state index contributed by atoms with van der Waals surface area (Å²) in [6, 6.07) is 18.0. The lowest BCUT2D eigenvalue weighted by molar-refractivity contribution is 0.890. The molecule has 0 aliphatic carbocycles. The number of hydrogen-bond donors (Lipinski definition) is 1. The fourth-order valence-corrected chi connectivity index (χ4v) is 2.66. The van der Waals surface area contributed by atoms with Gasteiger partial charge in [-0.25, -0.2) is 4.68 Å². The van der Waals surface area contributed by atoms with Gasteiger partial charge in [-0.05, 0) is 40.5 Å². The van der Waals surface area contributed by atoms with E-state index in [2.05, 4.69) is 40.1 Å². The minimum atomic E-state index is 0.621. The second kappa shape index (κ2) is 5.13. The summed E-state index contributed by atoms with van der Waals surface area (Å²) in [7, 11) is 0. The molecule has 0 aliphatic rings. The number of aromatic nitrogens is 2. The average molecular weight is 328 g/mol. The molecule has 2 N–H and O–H groups in total. The molecule has 0 bridgehead atoms. The molecule has 0 radical (unpaired) electrons. The van der Waals surface area contributed by atoms with Gasteiger partial charge in [0.1, 0.15) is 5.82 Å². The number of para-hydroxylation sites is 1. The van der Waals surface area contributed by atoms with Crippen LogP contribution in [-0.2, 0) is 0 Å². The van der Waals surface area contributed by atoms with Crippen LogP contribution >= 0.6 is 15.9 Å². The number of nitrogens with zero attached hydrogens (tertiary/aromatic N) is 2. The molecular weight excluding hydrogens is 314 g/mol. The number of nitrogens with two attached hydrogens (primary N) is 1. The topological polar surface area (TPSA) is 43.8 Å². The molecule has 0 aliphatic heterocycles. The predicted molar refractivity (Wildman–Crippen MR) is 85.8 cm³/mol. The molecule has 0 saturated heterocycles. The third-order valence-electron chi connectivity index (χ3n) is 3.24. The number of hydrogen-bond acceptors (Lipinski definition) is 2. The largest absolute Gasteiger partial charge is 0.384 e. The molecule has 1 aromatic heterocycles. The summed E-state index contributed by atoms with van der Waals surface area (Å²) >= 11 is 3.53. The number of benzene rings is 2. The van der Waals surface area contributed by atoms with E-state index < -0.39 is 0 Å². The zero-order valence-electron chi connectivity index (χ0n) is 11.0. The van der Waals surface area contributed by atoms with Crippen molar-refractivity contribution in [3.8, 4) is 16.9 Å². The van der Waals surface area contributed by atoms with Crippen LogP contribution in [0.3, 0.4) is 0 Å². The summed E-state index contributed by atoms with van der Waals surface area (Å²) in [4.78, 5) is 0. The van der Waals surface area contributed by atoms with Gasteiger partial charge in [0, 0.05) is 16.1 Å². The monoisotopic (exact) mass is 327 g/mol. The summed E-state index contributed by atoms with van der Waals surface area (Å²) in [5.41, 5.74) is 10.2. The van der Waals surface area contributed by atoms with Crippen LogP contribution in [0.2, 0.25) is 0 Å². The Hall–Kier alpha value is -2.07. The van der Waals surface area contributed by atoms with E-state index in [-0.39, 0.29) is 0 Å². The van der Waals surface area contributed by atoms with Gasteiger partial charge in [-0.2, -0.15) is 5.10 Å². The number of anilines is 1. The second-order valence-electron chi connectivity index (χ2n) is 4.63. The maximum absolute atomic E-state index is 6.11. The number of nitrogen functional groups attached to an aromatic ring is 1. The quantitative estimate of drug-likeness (QED) is 0.766. The van der Waals surface area contributed by atoms with Crippen molar-refractivity contribution >= 4 is 21.7 Å². The van der Waals surface area contributed by atoms with Crippen molar-refractivity contribution in [2.45, 2.75) is 6.92 Å². The summed E-state index contributed by atoms with van der Waals surface area (Å²) < 4.78 is 2.72. The Morgan fingerprint density at radius 3 is 2.50 bits per heavy atom. The van der Waals surface area contributed by atoms with Crippen molar-refractivity contribution in [3.63, 3.8) is 0 Å². The molecule has 0 amide bonds. The summed E-state index contributed by atoms with van der Waals surface area (Å²) in [6.45, 7) is 2.07. The van der Waals surface area contributed by atoms with Gasteiger partial charge in [-0.1, -0.05) is 36.4 Å². The molecule has 0 atom stereocenters. The van der Waals surface area contributed by atoms with Crippen LogP contribution in [-0.4, -0.2) is 9.78 Å². The van der Waals surface area contributed by atoms with Crippen molar-refractivity contribution < 1.29 is 0 Å². The van der Waals surface area contributed by atoms with Crippen LogP contribution < -0.4 is 5.73 Å². The van der Waals surface area contributed by atoms with Crippen molar-refractivity contribution in [1.29, 1.82) is 0 Å². The minimum absolute atomic E-state index is 0.621. The van der Waals surface area contributed by atoms with Crippen LogP contribution in [0.15, 0.2) is 59.1 Å². The first-order chi connectivity index (χ1) is 9.66. The van der Waals surface area contributed by atoms with E-state index in [1.807, 2.05) is 42.5 Å². The SMILES string of the molecule is Cc1ccccc1-c1cc(N)n(-c2ccccc2Br)n1. The maximum atomic E-state index is 6.11. The van der Waals surface area contributed by atoms with E-state index in [4.69, 9.17) is 5.73 Å². The second-order valence-corrected chi connectivity index (χ2v) is 5.49. The van der Waals surface area contributed by atoms with Gasteiger partial charge >= 0.3 is 0 Å². The van der Waals surface area contributed by atoms with Crippen molar-refractivity contribution in [1.82, 2.24) is 9.78 Å². The number of halogens is 1. The Morgan fingerprint density at radius 2 is 1.75 bits per heavy atom. The molecular formula is C16H14BrN3. The molecule has 0 spiro atoms. The Labute approximate surface area is 126 Å². The van der Waals surface area contributed by atoms with Crippen LogP contribution in [0.1, 0.15) is 5.56 Å². The van der Waals surface area contributed by atoms with E-state index in [1.54, 1.807) is 4.68 Å². The van der Waals surface area contributed by atoms with E-state index in [1.165, 1.54) is 5.56 Å². The average Bonchev–Trinajstić information content (AvgIpc) is 2.81. The van der Waals surface area contributed by atoms with Crippen LogP contribution in [0, 0.1) is 6.92 Å². The Kier molecular flexibility index (Phi) is 3.32. The van der Waals surface area contributed by atoms with Crippen molar-refractivity contribution in [2.75, 3.05) is 5.73 Å². The van der Waals surface area contributed by atoms with Gasteiger partial charge < -0.3 is 5.73 Å². The molecule has 0 saturated carbocycles. The van der Waals surface area contributed by atoms with Crippen LogP contribution in [0.4, 0.5) is 5.82 Å². The van der Waals surface area contributed by atoms with Crippen LogP contribution in [0.5, 0.6) is 0 Å². The highest BCUT2D eigenvalue weighted by Crippen LogP contribution is 2.28. The van der Waals surface area contributed by atoms with E-state index >= 15 is 0 Å². The predicted octanol–water partition coefficient (Wildman–Crippen LogP) is 4.19.